The summed E-state index contributed by atoms with van der Waals surface area (Å²) in [4.78, 5) is 23.9. The fraction of sp³-hybridized carbons (Fsp3) is 0.467. The van der Waals surface area contributed by atoms with Gasteiger partial charge in [-0.15, -0.1) is 0 Å². The number of carbonyl (C=O) groups is 2. The first-order valence-electron chi connectivity index (χ1n) is 6.40. The van der Waals surface area contributed by atoms with Crippen LogP contribution in [0.3, 0.4) is 0 Å². The van der Waals surface area contributed by atoms with Gasteiger partial charge in [0.25, 0.3) is 0 Å². The number of ketones is 1. The number of carbonyl (C=O) groups excluding carboxylic acids is 2. The van der Waals surface area contributed by atoms with E-state index in [9.17, 15) is 9.59 Å². The average molecular weight is 244 g/mol. The molecule has 2 atom stereocenters. The number of esters is 1. The number of rotatable bonds is 0. The Morgan fingerprint density at radius 1 is 1.22 bits per heavy atom. The fourth-order valence-corrected chi connectivity index (χ4v) is 3.18. The first kappa shape index (κ1) is 11.5. The number of benzene rings is 1. The lowest BCUT2D eigenvalue weighted by Gasteiger charge is -2.24. The zero-order chi connectivity index (χ0) is 13.0. The SMILES string of the molecule is Cc1cc2c(c3c1C(=O)CC(C)C3)C(C)C(=O)O2. The van der Waals surface area contributed by atoms with Crippen molar-refractivity contribution in [3.63, 3.8) is 0 Å². The molecule has 94 valence electrons. The molecule has 1 heterocycles. The maximum absolute atomic E-state index is 12.2. The Morgan fingerprint density at radius 2 is 1.94 bits per heavy atom. The molecule has 0 bridgehead atoms. The molecule has 3 rings (SSSR count). The number of Topliss-reactive ketones (excluding diaryl/α,β-unsaturated/α-hetero) is 1. The van der Waals surface area contributed by atoms with Gasteiger partial charge in [-0.05, 0) is 43.4 Å². The van der Waals surface area contributed by atoms with Gasteiger partial charge >= 0.3 is 5.97 Å². The highest BCUT2D eigenvalue weighted by atomic mass is 16.5. The van der Waals surface area contributed by atoms with Crippen molar-refractivity contribution in [3.05, 3.63) is 28.3 Å². The largest absolute Gasteiger partial charge is 0.426 e. The van der Waals surface area contributed by atoms with Gasteiger partial charge in [0.05, 0.1) is 5.92 Å². The van der Waals surface area contributed by atoms with Crippen molar-refractivity contribution < 1.29 is 14.3 Å². The van der Waals surface area contributed by atoms with Crippen molar-refractivity contribution in [2.75, 3.05) is 0 Å². The van der Waals surface area contributed by atoms with Crippen LogP contribution in [-0.4, -0.2) is 11.8 Å². The molecule has 0 spiro atoms. The third kappa shape index (κ3) is 1.43. The van der Waals surface area contributed by atoms with E-state index >= 15 is 0 Å². The predicted molar refractivity (Wildman–Crippen MR) is 67.0 cm³/mol. The number of fused-ring (bicyclic) bond motifs is 3. The standard InChI is InChI=1S/C15H16O3/c1-7-4-10-13(11(16)5-7)8(2)6-12-14(10)9(3)15(17)18-12/h6-7,9H,4-5H2,1-3H3. The number of aryl methyl sites for hydroxylation is 1. The van der Waals surface area contributed by atoms with Gasteiger partial charge in [-0.2, -0.15) is 0 Å². The zero-order valence-corrected chi connectivity index (χ0v) is 10.9. The van der Waals surface area contributed by atoms with E-state index in [1.807, 2.05) is 19.9 Å². The van der Waals surface area contributed by atoms with Gasteiger partial charge in [0.1, 0.15) is 5.75 Å². The summed E-state index contributed by atoms with van der Waals surface area (Å²) in [7, 11) is 0. The van der Waals surface area contributed by atoms with Crippen molar-refractivity contribution >= 4 is 11.8 Å². The van der Waals surface area contributed by atoms with Crippen LogP contribution < -0.4 is 4.74 Å². The maximum atomic E-state index is 12.2. The van der Waals surface area contributed by atoms with E-state index < -0.39 is 0 Å². The molecule has 1 aliphatic heterocycles. The lowest BCUT2D eigenvalue weighted by Crippen LogP contribution is -2.21. The summed E-state index contributed by atoms with van der Waals surface area (Å²) in [6.45, 7) is 5.86. The van der Waals surface area contributed by atoms with Gasteiger partial charge in [-0.3, -0.25) is 9.59 Å². The predicted octanol–water partition coefficient (Wildman–Crippen LogP) is 2.78. The molecular weight excluding hydrogens is 228 g/mol. The summed E-state index contributed by atoms with van der Waals surface area (Å²) >= 11 is 0. The van der Waals surface area contributed by atoms with Crippen LogP contribution in [0.2, 0.25) is 0 Å². The van der Waals surface area contributed by atoms with Crippen molar-refractivity contribution in [3.8, 4) is 5.75 Å². The second-order valence-corrected chi connectivity index (χ2v) is 5.54. The molecule has 3 nitrogen and oxygen atoms in total. The molecule has 0 fully saturated rings. The van der Waals surface area contributed by atoms with Crippen LogP contribution in [0.25, 0.3) is 0 Å². The van der Waals surface area contributed by atoms with E-state index in [2.05, 4.69) is 6.92 Å². The van der Waals surface area contributed by atoms with Gasteiger partial charge in [-0.25, -0.2) is 0 Å². The monoisotopic (exact) mass is 244 g/mol. The van der Waals surface area contributed by atoms with Crippen molar-refractivity contribution in [2.45, 2.75) is 39.5 Å². The lowest BCUT2D eigenvalue weighted by molar-refractivity contribution is -0.133. The minimum Gasteiger partial charge on any atom is -0.426 e. The summed E-state index contributed by atoms with van der Waals surface area (Å²) in [6, 6.07) is 1.84. The summed E-state index contributed by atoms with van der Waals surface area (Å²) in [5.41, 5.74) is 3.76. The van der Waals surface area contributed by atoms with Gasteiger partial charge in [-0.1, -0.05) is 6.92 Å². The summed E-state index contributed by atoms with van der Waals surface area (Å²) in [5.74, 6) is 0.760. The second-order valence-electron chi connectivity index (χ2n) is 5.54. The Kier molecular flexibility index (Phi) is 2.34. The van der Waals surface area contributed by atoms with E-state index in [-0.39, 0.29) is 17.7 Å². The van der Waals surface area contributed by atoms with Crippen LogP contribution >= 0.6 is 0 Å². The highest BCUT2D eigenvalue weighted by molar-refractivity contribution is 6.02. The van der Waals surface area contributed by atoms with Gasteiger partial charge in [0, 0.05) is 17.5 Å². The maximum Gasteiger partial charge on any atom is 0.318 e. The Hall–Kier alpha value is -1.64. The summed E-state index contributed by atoms with van der Waals surface area (Å²) in [5, 5.41) is 0. The molecule has 3 heteroatoms. The molecule has 0 saturated carbocycles. The molecule has 18 heavy (non-hydrogen) atoms. The topological polar surface area (TPSA) is 43.4 Å². The Bertz CT molecular complexity index is 572. The molecular formula is C15H16O3. The molecule has 1 aliphatic carbocycles. The first-order valence-corrected chi connectivity index (χ1v) is 6.40. The Labute approximate surface area is 106 Å². The Balaban J connectivity index is 2.28. The highest BCUT2D eigenvalue weighted by Gasteiger charge is 2.37. The smallest absolute Gasteiger partial charge is 0.318 e. The van der Waals surface area contributed by atoms with Crippen LogP contribution in [0.4, 0.5) is 0 Å². The van der Waals surface area contributed by atoms with Crippen molar-refractivity contribution in [1.29, 1.82) is 0 Å². The van der Waals surface area contributed by atoms with E-state index in [0.717, 1.165) is 28.7 Å². The molecule has 0 amide bonds. The summed E-state index contributed by atoms with van der Waals surface area (Å²) < 4.78 is 5.29. The van der Waals surface area contributed by atoms with Crippen molar-refractivity contribution in [2.24, 2.45) is 5.92 Å². The average Bonchev–Trinajstić information content (AvgIpc) is 2.53. The minimum atomic E-state index is -0.243. The van der Waals surface area contributed by atoms with Crippen LogP contribution in [0.1, 0.15) is 53.2 Å². The normalized spacial score (nSPS) is 25.7. The minimum absolute atomic E-state index is 0.204. The quantitative estimate of drug-likeness (QED) is 0.520. The Morgan fingerprint density at radius 3 is 2.67 bits per heavy atom. The molecule has 0 saturated heterocycles. The van der Waals surface area contributed by atoms with E-state index in [1.54, 1.807) is 0 Å². The number of hydrogen-bond donors (Lipinski definition) is 0. The fourth-order valence-electron chi connectivity index (χ4n) is 3.18. The molecule has 0 N–H and O–H groups in total. The molecule has 0 aromatic heterocycles. The lowest BCUT2D eigenvalue weighted by atomic mass is 9.77. The van der Waals surface area contributed by atoms with Gasteiger partial charge in [0.15, 0.2) is 5.78 Å². The van der Waals surface area contributed by atoms with Crippen LogP contribution in [0, 0.1) is 12.8 Å². The van der Waals surface area contributed by atoms with Gasteiger partial charge < -0.3 is 4.74 Å². The molecule has 2 unspecified atom stereocenters. The summed E-state index contributed by atoms with van der Waals surface area (Å²) in [6.07, 6.45) is 1.47. The van der Waals surface area contributed by atoms with E-state index in [4.69, 9.17) is 4.74 Å². The number of hydrogen-bond acceptors (Lipinski definition) is 3. The van der Waals surface area contributed by atoms with E-state index in [1.165, 1.54) is 0 Å². The number of ether oxygens (including phenoxy) is 1. The molecule has 0 radical (unpaired) electrons. The zero-order valence-electron chi connectivity index (χ0n) is 10.9. The highest BCUT2D eigenvalue weighted by Crippen LogP contribution is 2.43. The van der Waals surface area contributed by atoms with Crippen LogP contribution in [-0.2, 0) is 11.2 Å². The third-order valence-electron chi connectivity index (χ3n) is 4.00. The second kappa shape index (κ2) is 3.67. The third-order valence-corrected chi connectivity index (χ3v) is 4.00. The van der Waals surface area contributed by atoms with Crippen molar-refractivity contribution in [1.82, 2.24) is 0 Å². The molecule has 1 aromatic rings. The van der Waals surface area contributed by atoms with Gasteiger partial charge in [0.2, 0.25) is 0 Å². The van der Waals surface area contributed by atoms with E-state index in [0.29, 0.717) is 18.1 Å². The molecule has 1 aromatic carbocycles. The van der Waals surface area contributed by atoms with Crippen LogP contribution in [0.5, 0.6) is 5.75 Å². The molecule has 2 aliphatic rings. The van der Waals surface area contributed by atoms with Crippen LogP contribution in [0.15, 0.2) is 6.07 Å². The first-order chi connectivity index (χ1) is 8.49.